The highest BCUT2D eigenvalue weighted by atomic mass is 32.1. The molecule has 1 N–H and O–H groups in total. The second-order valence-corrected chi connectivity index (χ2v) is 6.91. The summed E-state index contributed by atoms with van der Waals surface area (Å²) in [5.41, 5.74) is 1.80. The maximum atomic E-state index is 12.9. The van der Waals surface area contributed by atoms with E-state index in [1.807, 2.05) is 5.38 Å². The first-order valence-electron chi connectivity index (χ1n) is 8.61. The molecule has 0 saturated heterocycles. The molecule has 0 aliphatic carbocycles. The van der Waals surface area contributed by atoms with Gasteiger partial charge in [-0.2, -0.15) is 0 Å². The van der Waals surface area contributed by atoms with Crippen LogP contribution in [0, 0.1) is 13.8 Å². The summed E-state index contributed by atoms with van der Waals surface area (Å²) in [7, 11) is 1.54. The first kappa shape index (κ1) is 20.9. The van der Waals surface area contributed by atoms with E-state index in [4.69, 9.17) is 9.47 Å². The van der Waals surface area contributed by atoms with Gasteiger partial charge in [0, 0.05) is 24.9 Å². The maximum absolute atomic E-state index is 12.9. The molecule has 2 heterocycles. The quantitative estimate of drug-likeness (QED) is 0.524. The van der Waals surface area contributed by atoms with Crippen molar-refractivity contribution in [2.24, 2.45) is 0 Å². The normalized spacial score (nSPS) is 10.7. The van der Waals surface area contributed by atoms with Crippen LogP contribution in [0.3, 0.4) is 0 Å². The lowest BCUT2D eigenvalue weighted by Crippen LogP contribution is -2.38. The first-order valence-corrected chi connectivity index (χ1v) is 9.49. The predicted molar refractivity (Wildman–Crippen MR) is 103 cm³/mol. The Morgan fingerprint density at radius 3 is 2.59 bits per heavy atom. The first-order chi connectivity index (χ1) is 12.9. The van der Waals surface area contributed by atoms with Crippen LogP contribution in [0.4, 0.5) is 0 Å². The van der Waals surface area contributed by atoms with Gasteiger partial charge >= 0.3 is 5.97 Å². The van der Waals surface area contributed by atoms with Crippen molar-refractivity contribution < 1.29 is 23.9 Å². The van der Waals surface area contributed by atoms with E-state index in [1.165, 1.54) is 16.2 Å². The zero-order chi connectivity index (χ0) is 20.0. The van der Waals surface area contributed by atoms with Crippen molar-refractivity contribution in [1.29, 1.82) is 0 Å². The number of hydrogen-bond donors (Lipinski definition) is 1. The van der Waals surface area contributed by atoms with E-state index in [9.17, 15) is 14.4 Å². The van der Waals surface area contributed by atoms with Gasteiger partial charge in [0.15, 0.2) is 5.78 Å². The molecule has 0 radical (unpaired) electrons. The number of ketones is 1. The Morgan fingerprint density at radius 1 is 1.26 bits per heavy atom. The number of rotatable bonds is 9. The number of hydrogen-bond acceptors (Lipinski definition) is 6. The highest BCUT2D eigenvalue weighted by molar-refractivity contribution is 7.12. The Bertz CT molecular complexity index is 810. The van der Waals surface area contributed by atoms with Gasteiger partial charge in [-0.25, -0.2) is 4.79 Å². The lowest BCUT2D eigenvalue weighted by Gasteiger charge is -2.21. The van der Waals surface area contributed by atoms with Crippen LogP contribution < -0.4 is 0 Å². The van der Waals surface area contributed by atoms with Crippen molar-refractivity contribution in [1.82, 2.24) is 9.88 Å². The largest absolute Gasteiger partial charge is 0.461 e. The molecule has 27 heavy (non-hydrogen) atoms. The fourth-order valence-corrected chi connectivity index (χ4v) is 3.53. The third kappa shape index (κ3) is 4.84. The summed E-state index contributed by atoms with van der Waals surface area (Å²) >= 11 is 1.32. The van der Waals surface area contributed by atoms with E-state index < -0.39 is 5.97 Å². The van der Waals surface area contributed by atoms with Crippen LogP contribution in [0.2, 0.25) is 0 Å². The number of ether oxygens (including phenoxy) is 2. The van der Waals surface area contributed by atoms with Gasteiger partial charge in [0.2, 0.25) is 0 Å². The highest BCUT2D eigenvalue weighted by Crippen LogP contribution is 2.20. The monoisotopic (exact) mass is 392 g/mol. The van der Waals surface area contributed by atoms with Crippen LogP contribution in [-0.4, -0.2) is 61.0 Å². The summed E-state index contributed by atoms with van der Waals surface area (Å²) < 4.78 is 10.1. The molecule has 2 aromatic heterocycles. The van der Waals surface area contributed by atoms with E-state index in [0.717, 1.165) is 0 Å². The van der Waals surface area contributed by atoms with Gasteiger partial charge in [0.25, 0.3) is 5.91 Å². The maximum Gasteiger partial charge on any atom is 0.355 e. The van der Waals surface area contributed by atoms with Crippen LogP contribution in [0.15, 0.2) is 17.5 Å². The van der Waals surface area contributed by atoms with E-state index in [-0.39, 0.29) is 30.5 Å². The van der Waals surface area contributed by atoms with Crippen LogP contribution in [0.1, 0.15) is 48.7 Å². The summed E-state index contributed by atoms with van der Waals surface area (Å²) in [5, 5.41) is 1.82. The van der Waals surface area contributed by atoms with Gasteiger partial charge in [-0.15, -0.1) is 11.3 Å². The molecule has 0 spiro atoms. The molecule has 2 rings (SSSR count). The second-order valence-electron chi connectivity index (χ2n) is 5.97. The van der Waals surface area contributed by atoms with Crippen molar-refractivity contribution in [3.63, 3.8) is 0 Å². The Kier molecular flexibility index (Phi) is 7.32. The van der Waals surface area contributed by atoms with Crippen molar-refractivity contribution in [2.75, 3.05) is 33.4 Å². The van der Waals surface area contributed by atoms with E-state index in [1.54, 1.807) is 40.0 Å². The number of aromatic amines is 1. The molecular formula is C19H24N2O5S. The number of thiophene rings is 1. The summed E-state index contributed by atoms with van der Waals surface area (Å²) in [6.45, 7) is 5.92. The van der Waals surface area contributed by atoms with Gasteiger partial charge in [-0.1, -0.05) is 6.07 Å². The molecule has 0 aliphatic rings. The molecule has 1 amide bonds. The average molecular weight is 392 g/mol. The number of aromatic nitrogens is 1. The molecule has 0 atom stereocenters. The van der Waals surface area contributed by atoms with Crippen molar-refractivity contribution in [3.8, 4) is 0 Å². The number of nitrogens with zero attached hydrogens (tertiary/aromatic N) is 1. The van der Waals surface area contributed by atoms with Gasteiger partial charge in [-0.3, -0.25) is 9.59 Å². The fraction of sp³-hybridized carbons (Fsp3) is 0.421. The third-order valence-electron chi connectivity index (χ3n) is 4.11. The van der Waals surface area contributed by atoms with Crippen LogP contribution >= 0.6 is 11.3 Å². The lowest BCUT2D eigenvalue weighted by atomic mass is 10.1. The minimum absolute atomic E-state index is 0.0953. The topological polar surface area (TPSA) is 88.7 Å². The van der Waals surface area contributed by atoms with Gasteiger partial charge in [0.1, 0.15) is 5.69 Å². The molecule has 0 bridgehead atoms. The number of H-pyrrole nitrogens is 1. The molecule has 146 valence electrons. The summed E-state index contributed by atoms with van der Waals surface area (Å²) in [6.07, 6.45) is 0. The zero-order valence-corrected chi connectivity index (χ0v) is 16.8. The number of carbonyl (C=O) groups is 3. The number of carbonyl (C=O) groups excluding carboxylic acids is 3. The summed E-state index contributed by atoms with van der Waals surface area (Å²) in [5.74, 6) is -0.951. The molecule has 7 nitrogen and oxygen atoms in total. The minimum atomic E-state index is -0.497. The molecule has 0 aromatic carbocycles. The van der Waals surface area contributed by atoms with E-state index in [0.29, 0.717) is 34.8 Å². The smallest absolute Gasteiger partial charge is 0.355 e. The Balaban J connectivity index is 2.24. The zero-order valence-electron chi connectivity index (χ0n) is 16.0. The fourth-order valence-electron chi connectivity index (χ4n) is 2.84. The van der Waals surface area contributed by atoms with Crippen LogP contribution in [-0.2, 0) is 9.47 Å². The van der Waals surface area contributed by atoms with Gasteiger partial charge in [-0.05, 0) is 37.8 Å². The average Bonchev–Trinajstić information content (AvgIpc) is 3.26. The van der Waals surface area contributed by atoms with Gasteiger partial charge in [0.05, 0.1) is 24.6 Å². The molecule has 0 saturated carbocycles. The van der Waals surface area contributed by atoms with Gasteiger partial charge < -0.3 is 19.4 Å². The van der Waals surface area contributed by atoms with Crippen molar-refractivity contribution in [3.05, 3.63) is 44.9 Å². The SMILES string of the molecule is CCOC(=O)c1[nH]c(C)c(C(=O)CN(CCOC)C(=O)c2cccs2)c1C. The number of nitrogens with one attached hydrogen (secondary N) is 1. The number of methoxy groups -OCH3 is 1. The lowest BCUT2D eigenvalue weighted by molar-refractivity contribution is 0.0519. The molecule has 0 aliphatic heterocycles. The molecule has 8 heteroatoms. The Labute approximate surface area is 162 Å². The van der Waals surface area contributed by atoms with Crippen molar-refractivity contribution in [2.45, 2.75) is 20.8 Å². The van der Waals surface area contributed by atoms with E-state index >= 15 is 0 Å². The Hall–Kier alpha value is -2.45. The number of esters is 1. The third-order valence-corrected chi connectivity index (χ3v) is 4.97. The van der Waals surface area contributed by atoms with Crippen LogP contribution in [0.25, 0.3) is 0 Å². The number of Topliss-reactive ketones (excluding diaryl/α,β-unsaturated/α-hetero) is 1. The predicted octanol–water partition coefficient (Wildman–Crippen LogP) is 2.84. The summed E-state index contributed by atoms with van der Waals surface area (Å²) in [6, 6.07) is 3.52. The highest BCUT2D eigenvalue weighted by Gasteiger charge is 2.26. The molecule has 0 unspecified atom stereocenters. The molecule has 2 aromatic rings. The second kappa shape index (κ2) is 9.48. The van der Waals surface area contributed by atoms with E-state index in [2.05, 4.69) is 4.98 Å². The minimum Gasteiger partial charge on any atom is -0.461 e. The Morgan fingerprint density at radius 2 is 2.00 bits per heavy atom. The standard InChI is InChI=1S/C19H24N2O5S/c1-5-26-19(24)17-12(2)16(13(3)20-17)14(22)11-21(8-9-25-4)18(23)15-7-6-10-27-15/h6-7,10,20H,5,8-9,11H2,1-4H3. The molecule has 0 fully saturated rings. The van der Waals surface area contributed by atoms with Crippen LogP contribution in [0.5, 0.6) is 0 Å². The number of aryl methyl sites for hydroxylation is 1. The summed E-state index contributed by atoms with van der Waals surface area (Å²) in [4.78, 5) is 42.6. The molecular weight excluding hydrogens is 368 g/mol. The van der Waals surface area contributed by atoms with Crippen molar-refractivity contribution >= 4 is 29.0 Å². The number of amides is 1.